The number of methoxy groups -OCH3 is 4. The predicted octanol–water partition coefficient (Wildman–Crippen LogP) is 4.44. The van der Waals surface area contributed by atoms with Gasteiger partial charge in [-0.3, -0.25) is 0 Å². The zero-order valence-electron chi connectivity index (χ0n) is 21.2. The van der Waals surface area contributed by atoms with Crippen LogP contribution in [-0.4, -0.2) is 61.7 Å². The Morgan fingerprint density at radius 2 is 1.11 bits per heavy atom. The van der Waals surface area contributed by atoms with Gasteiger partial charge in [0.15, 0.2) is 0 Å². The maximum Gasteiger partial charge on any atom is 0.426 e. The molecule has 1 heterocycles. The van der Waals surface area contributed by atoms with Crippen molar-refractivity contribution in [2.75, 3.05) is 28.4 Å². The molecule has 2 aromatic rings. The smallest absolute Gasteiger partial charge is 0.426 e. The minimum absolute atomic E-state index is 0.135. The molecule has 0 radical (unpaired) electrons. The van der Waals surface area contributed by atoms with E-state index in [1.54, 1.807) is 38.5 Å². The lowest BCUT2D eigenvalue weighted by Gasteiger charge is -2.25. The number of rotatable bonds is 4. The molecule has 0 bridgehead atoms. The Morgan fingerprint density at radius 3 is 1.54 bits per heavy atom. The number of halogens is 1. The van der Waals surface area contributed by atoms with Crippen molar-refractivity contribution >= 4 is 49.2 Å². The number of carbonyl (C=O) groups is 2. The number of esters is 2. The fraction of sp³-hybridized carbons (Fsp3) is 0.364. The zero-order chi connectivity index (χ0) is 26.5. The summed E-state index contributed by atoms with van der Waals surface area (Å²) >= 11 is 3.24. The summed E-state index contributed by atoms with van der Waals surface area (Å²) in [5, 5.41) is 0. The zero-order valence-corrected chi connectivity index (χ0v) is 22.8. The van der Waals surface area contributed by atoms with Gasteiger partial charge >= 0.3 is 33.3 Å². The monoisotopic (exact) mass is 550 g/mol. The van der Waals surface area contributed by atoms with E-state index in [-0.39, 0.29) is 33.3 Å². The van der Waals surface area contributed by atoms with Gasteiger partial charge < -0.3 is 32.7 Å². The third kappa shape index (κ3) is 10.4. The number of ether oxygens (including phenoxy) is 4. The number of hydrogen-bond acceptors (Lipinski definition) is 9. The first-order valence-corrected chi connectivity index (χ1v) is 11.5. The second kappa shape index (κ2) is 15.5. The molecule has 2 aromatic carbocycles. The van der Waals surface area contributed by atoms with E-state index in [4.69, 9.17) is 23.2 Å². The molecular weight excluding hydrogens is 521 g/mol. The van der Waals surface area contributed by atoms with Crippen LogP contribution in [0.2, 0.25) is 20.5 Å². The highest BCUT2D eigenvalue weighted by molar-refractivity contribution is 9.10. The van der Waals surface area contributed by atoms with Crippen molar-refractivity contribution in [2.45, 2.75) is 27.4 Å². The van der Waals surface area contributed by atoms with E-state index in [2.05, 4.69) is 25.4 Å². The van der Waals surface area contributed by atoms with E-state index in [0.29, 0.717) is 27.1 Å². The molecule has 9 nitrogen and oxygen atoms in total. The maximum atomic E-state index is 11.2. The van der Waals surface area contributed by atoms with Crippen molar-refractivity contribution in [3.8, 4) is 11.5 Å². The van der Waals surface area contributed by atoms with E-state index in [1.807, 2.05) is 39.5 Å². The summed E-state index contributed by atoms with van der Waals surface area (Å²) in [4.78, 5) is 22.4. The van der Waals surface area contributed by atoms with E-state index in [1.165, 1.54) is 14.2 Å². The Kier molecular flexibility index (Phi) is 13.5. The highest BCUT2D eigenvalue weighted by Crippen LogP contribution is 2.23. The molecule has 0 atom stereocenters. The highest BCUT2D eigenvalue weighted by atomic mass is 79.9. The molecular formula is C22H30B3BrO9. The normalized spacial score (nSPS) is 12.4. The number of aryl methyl sites for hydroxylation is 1. The lowest BCUT2D eigenvalue weighted by atomic mass is 9.74. The number of carbonyl (C=O) groups excluding carboxylic acids is 2. The van der Waals surface area contributed by atoms with Crippen LogP contribution >= 0.6 is 15.9 Å². The standard InChI is InChI=1S/C10H12O3.C9H9BrO3.C3H9B3O3/c1-7-4-5-8(12-2)6-9(7)10(11)13-3;1-12-6-3-4-8(10)7(5-6)9(11)13-2;1-4-7-5(2)9-6(3)8-4/h4-6H,1-3H3;3-5H,1-2H3;1-3H3. The molecule has 3 rings (SSSR count). The quantitative estimate of drug-likeness (QED) is 0.404. The van der Waals surface area contributed by atoms with Crippen LogP contribution in [0.3, 0.4) is 0 Å². The molecule has 0 aromatic heterocycles. The summed E-state index contributed by atoms with van der Waals surface area (Å²) in [6, 6.07) is 10.4. The average Bonchev–Trinajstić information content (AvgIpc) is 2.83. The molecule has 0 unspecified atom stereocenters. The Hall–Kier alpha value is -2.47. The van der Waals surface area contributed by atoms with Crippen molar-refractivity contribution in [1.29, 1.82) is 0 Å². The third-order valence-electron chi connectivity index (χ3n) is 4.58. The van der Waals surface area contributed by atoms with Crippen LogP contribution in [0, 0.1) is 6.92 Å². The summed E-state index contributed by atoms with van der Waals surface area (Å²) in [5.41, 5.74) is 1.89. The summed E-state index contributed by atoms with van der Waals surface area (Å²) in [6.07, 6.45) is 0. The number of hydrogen-bond donors (Lipinski definition) is 0. The van der Waals surface area contributed by atoms with Gasteiger partial charge in [-0.2, -0.15) is 0 Å². The van der Waals surface area contributed by atoms with Crippen molar-refractivity contribution in [3.05, 3.63) is 57.6 Å². The van der Waals surface area contributed by atoms with Crippen molar-refractivity contribution in [3.63, 3.8) is 0 Å². The van der Waals surface area contributed by atoms with Gasteiger partial charge in [0.05, 0.1) is 39.6 Å². The second-order valence-corrected chi connectivity index (χ2v) is 7.98. The molecule has 0 saturated carbocycles. The van der Waals surface area contributed by atoms with E-state index in [0.717, 1.165) is 5.56 Å². The van der Waals surface area contributed by atoms with Crippen LogP contribution in [0.25, 0.3) is 0 Å². The fourth-order valence-corrected chi connectivity index (χ4v) is 3.27. The van der Waals surface area contributed by atoms with Crippen LogP contribution < -0.4 is 9.47 Å². The molecule has 0 aliphatic carbocycles. The molecule has 188 valence electrons. The number of benzene rings is 2. The van der Waals surface area contributed by atoms with E-state index < -0.39 is 0 Å². The Balaban J connectivity index is 0.000000267. The Morgan fingerprint density at radius 1 is 0.714 bits per heavy atom. The minimum Gasteiger partial charge on any atom is -0.497 e. The van der Waals surface area contributed by atoms with E-state index >= 15 is 0 Å². The van der Waals surface area contributed by atoms with Gasteiger partial charge in [-0.1, -0.05) is 6.07 Å². The molecule has 13 heteroatoms. The van der Waals surface area contributed by atoms with Crippen LogP contribution in [0.15, 0.2) is 40.9 Å². The van der Waals surface area contributed by atoms with Gasteiger partial charge in [0.1, 0.15) is 11.5 Å². The first-order chi connectivity index (χ1) is 16.6. The SMILES string of the molecule is CB1OB(C)OB(C)O1.COC(=O)c1cc(OC)ccc1Br.COC(=O)c1cc(OC)ccc1C. The first-order valence-electron chi connectivity index (χ1n) is 10.7. The van der Waals surface area contributed by atoms with Gasteiger partial charge in [0.2, 0.25) is 0 Å². The third-order valence-corrected chi connectivity index (χ3v) is 5.27. The lowest BCUT2D eigenvalue weighted by molar-refractivity contribution is 0.0590. The second-order valence-electron chi connectivity index (χ2n) is 7.12. The van der Waals surface area contributed by atoms with Crippen molar-refractivity contribution in [2.24, 2.45) is 0 Å². The minimum atomic E-state index is -0.384. The van der Waals surface area contributed by atoms with Crippen LogP contribution in [0.4, 0.5) is 0 Å². The van der Waals surface area contributed by atoms with Gasteiger partial charge in [0, 0.05) is 4.47 Å². The molecule has 0 spiro atoms. The fourth-order valence-electron chi connectivity index (χ4n) is 2.86. The lowest BCUT2D eigenvalue weighted by Crippen LogP contribution is -2.44. The molecule has 35 heavy (non-hydrogen) atoms. The van der Waals surface area contributed by atoms with Gasteiger partial charge in [-0.15, -0.1) is 0 Å². The van der Waals surface area contributed by atoms with Crippen molar-refractivity contribution in [1.82, 2.24) is 0 Å². The predicted molar refractivity (Wildman–Crippen MR) is 139 cm³/mol. The summed E-state index contributed by atoms with van der Waals surface area (Å²) < 4.78 is 35.2. The molecule has 0 N–H and O–H groups in total. The summed E-state index contributed by atoms with van der Waals surface area (Å²) in [5.74, 6) is 0.566. The molecule has 1 saturated heterocycles. The average molecular weight is 551 g/mol. The van der Waals surface area contributed by atoms with Gasteiger partial charge in [-0.05, 0) is 79.2 Å². The molecule has 1 fully saturated rings. The molecule has 1 aliphatic rings. The van der Waals surface area contributed by atoms with Crippen LogP contribution in [-0.2, 0) is 23.2 Å². The molecule has 1 aliphatic heterocycles. The van der Waals surface area contributed by atoms with Crippen LogP contribution in [0.1, 0.15) is 26.3 Å². The van der Waals surface area contributed by atoms with Crippen molar-refractivity contribution < 1.29 is 42.3 Å². The topological polar surface area (TPSA) is 98.8 Å². The largest absolute Gasteiger partial charge is 0.497 e. The first kappa shape index (κ1) is 30.6. The maximum absolute atomic E-state index is 11.2. The van der Waals surface area contributed by atoms with Crippen LogP contribution in [0.5, 0.6) is 11.5 Å². The summed E-state index contributed by atoms with van der Waals surface area (Å²) in [6.45, 7) is 7.42. The highest BCUT2D eigenvalue weighted by Gasteiger charge is 2.31. The van der Waals surface area contributed by atoms with Gasteiger partial charge in [0.25, 0.3) is 0 Å². The Labute approximate surface area is 216 Å². The van der Waals surface area contributed by atoms with E-state index in [9.17, 15) is 9.59 Å². The summed E-state index contributed by atoms with van der Waals surface area (Å²) in [7, 11) is 5.40. The Bertz CT molecular complexity index is 887. The van der Waals surface area contributed by atoms with Gasteiger partial charge in [-0.25, -0.2) is 9.59 Å². The molecule has 0 amide bonds.